The zero-order valence-electron chi connectivity index (χ0n) is 21.3. The van der Waals surface area contributed by atoms with Crippen LogP contribution in [-0.2, 0) is 11.2 Å². The average molecular weight is 485 g/mol. The number of nitrogens with one attached hydrogen (secondary N) is 1. The Kier molecular flexibility index (Phi) is 9.29. The standard InChI is InChI=1S/C28H40N2O3S/c1-7-9-10-11-19-15-23(31)25(22-14-18(5)12-13-21(22)17(3)4)24(16-19)33-28(29-6)34-27-20(8-2)26(32)30-27/h14-16,20-22,27,31H,3,7-13H2,1-2,4-6H3,(H,30,32)/b29-28+/t20-,21-,22+,27+/m0/s1. The van der Waals surface area contributed by atoms with Crippen molar-refractivity contribution in [1.29, 1.82) is 0 Å². The molecule has 5 nitrogen and oxygen atoms in total. The number of thioether (sulfide) groups is 1. The molecule has 6 heteroatoms. The normalized spacial score (nSPS) is 24.8. The summed E-state index contributed by atoms with van der Waals surface area (Å²) in [6.07, 6.45) is 9.35. The molecule has 1 aromatic carbocycles. The number of carbonyl (C=O) groups excluding carboxylic acids is 1. The number of aliphatic imine (C=N–C) groups is 1. The highest BCUT2D eigenvalue weighted by atomic mass is 32.2. The van der Waals surface area contributed by atoms with Crippen LogP contribution < -0.4 is 10.1 Å². The Bertz CT molecular complexity index is 969. The summed E-state index contributed by atoms with van der Waals surface area (Å²) < 4.78 is 6.42. The summed E-state index contributed by atoms with van der Waals surface area (Å²) in [4.78, 5) is 16.2. The number of nitrogens with zero attached hydrogens (tertiary/aromatic N) is 1. The summed E-state index contributed by atoms with van der Waals surface area (Å²) in [7, 11) is 1.70. The second kappa shape index (κ2) is 12.0. The van der Waals surface area contributed by atoms with Crippen molar-refractivity contribution in [3.05, 3.63) is 47.1 Å². The van der Waals surface area contributed by atoms with Gasteiger partial charge in [0.05, 0.1) is 11.3 Å². The van der Waals surface area contributed by atoms with Crippen LogP contribution in [0.1, 0.15) is 83.3 Å². The third-order valence-electron chi connectivity index (χ3n) is 7.00. The van der Waals surface area contributed by atoms with Crippen LogP contribution in [0.25, 0.3) is 0 Å². The molecule has 3 rings (SSSR count). The molecule has 1 heterocycles. The van der Waals surface area contributed by atoms with E-state index in [0.29, 0.717) is 11.0 Å². The lowest BCUT2D eigenvalue weighted by Crippen LogP contribution is -2.56. The van der Waals surface area contributed by atoms with Gasteiger partial charge in [0, 0.05) is 18.5 Å². The molecule has 0 spiro atoms. The van der Waals surface area contributed by atoms with Gasteiger partial charge in [-0.05, 0) is 81.3 Å². The molecular formula is C28H40N2O3S. The molecule has 0 saturated carbocycles. The molecule has 4 atom stereocenters. The number of hydrogen-bond acceptors (Lipinski definition) is 5. The van der Waals surface area contributed by atoms with E-state index in [1.165, 1.54) is 17.3 Å². The number of hydrogen-bond donors (Lipinski definition) is 2. The minimum Gasteiger partial charge on any atom is -0.507 e. The smallest absolute Gasteiger partial charge is 0.253 e. The zero-order valence-corrected chi connectivity index (χ0v) is 22.1. The predicted octanol–water partition coefficient (Wildman–Crippen LogP) is 6.72. The molecule has 1 aliphatic carbocycles. The molecule has 0 bridgehead atoms. The summed E-state index contributed by atoms with van der Waals surface area (Å²) in [5.74, 6) is 1.22. The zero-order chi connectivity index (χ0) is 24.8. The molecule has 0 aromatic heterocycles. The molecule has 1 amide bonds. The van der Waals surface area contributed by atoms with Gasteiger partial charge in [0.2, 0.25) is 5.91 Å². The number of aromatic hydroxyl groups is 1. The van der Waals surface area contributed by atoms with Crippen molar-refractivity contribution < 1.29 is 14.6 Å². The van der Waals surface area contributed by atoms with E-state index in [0.717, 1.165) is 61.6 Å². The van der Waals surface area contributed by atoms with E-state index in [1.807, 2.05) is 13.0 Å². The molecule has 1 fully saturated rings. The second-order valence-corrected chi connectivity index (χ2v) is 10.8. The van der Waals surface area contributed by atoms with Crippen molar-refractivity contribution in [2.75, 3.05) is 7.05 Å². The van der Waals surface area contributed by atoms with Crippen molar-refractivity contribution in [3.63, 3.8) is 0 Å². The van der Waals surface area contributed by atoms with Gasteiger partial charge in [-0.1, -0.05) is 50.5 Å². The molecule has 186 valence electrons. The fourth-order valence-electron chi connectivity index (χ4n) is 4.94. The number of β-lactam (4-membered cyclic amide) rings is 1. The van der Waals surface area contributed by atoms with Gasteiger partial charge in [-0.25, -0.2) is 4.99 Å². The molecule has 2 N–H and O–H groups in total. The first-order valence-electron chi connectivity index (χ1n) is 12.6. The van der Waals surface area contributed by atoms with Crippen molar-refractivity contribution in [1.82, 2.24) is 5.32 Å². The summed E-state index contributed by atoms with van der Waals surface area (Å²) in [5, 5.41) is 14.7. The third-order valence-corrected chi connectivity index (χ3v) is 8.16. The number of ether oxygens (including phenoxy) is 1. The number of carbonyl (C=O) groups is 1. The van der Waals surface area contributed by atoms with Gasteiger partial charge >= 0.3 is 0 Å². The number of allylic oxidation sites excluding steroid dienone is 3. The first-order chi connectivity index (χ1) is 16.3. The number of aryl methyl sites for hydroxylation is 1. The van der Waals surface area contributed by atoms with Crippen LogP contribution in [-0.4, -0.2) is 28.7 Å². The summed E-state index contributed by atoms with van der Waals surface area (Å²) in [6.45, 7) is 12.7. The fourth-order valence-corrected chi connectivity index (χ4v) is 6.06. The second-order valence-electron chi connectivity index (χ2n) is 9.67. The lowest BCUT2D eigenvalue weighted by Gasteiger charge is -2.35. The van der Waals surface area contributed by atoms with E-state index in [-0.39, 0.29) is 34.8 Å². The van der Waals surface area contributed by atoms with E-state index >= 15 is 0 Å². The van der Waals surface area contributed by atoms with Gasteiger partial charge in [-0.3, -0.25) is 4.79 Å². The molecule has 1 saturated heterocycles. The van der Waals surface area contributed by atoms with Gasteiger partial charge in [0.1, 0.15) is 11.5 Å². The Morgan fingerprint density at radius 2 is 2.09 bits per heavy atom. The molecular weight excluding hydrogens is 444 g/mol. The monoisotopic (exact) mass is 484 g/mol. The van der Waals surface area contributed by atoms with Crippen LogP contribution in [0.4, 0.5) is 0 Å². The first kappa shape index (κ1) is 26.4. The van der Waals surface area contributed by atoms with Gasteiger partial charge in [-0.2, -0.15) is 0 Å². The first-order valence-corrected chi connectivity index (χ1v) is 13.5. The number of phenolic OH excluding ortho intramolecular Hbond substituents is 1. The summed E-state index contributed by atoms with van der Waals surface area (Å²) in [6, 6.07) is 3.97. The van der Waals surface area contributed by atoms with Gasteiger partial charge in [0.25, 0.3) is 5.23 Å². The highest BCUT2D eigenvalue weighted by Crippen LogP contribution is 2.47. The van der Waals surface area contributed by atoms with Crippen molar-refractivity contribution in [2.24, 2.45) is 16.8 Å². The number of rotatable bonds is 9. The van der Waals surface area contributed by atoms with Crippen LogP contribution in [0.3, 0.4) is 0 Å². The average Bonchev–Trinajstić information content (AvgIpc) is 2.78. The van der Waals surface area contributed by atoms with E-state index in [4.69, 9.17) is 4.74 Å². The fraction of sp³-hybridized carbons (Fsp3) is 0.571. The number of unbranched alkanes of at least 4 members (excludes halogenated alkanes) is 2. The van der Waals surface area contributed by atoms with E-state index in [1.54, 1.807) is 7.05 Å². The number of phenols is 1. The molecule has 1 aromatic rings. The van der Waals surface area contributed by atoms with Gasteiger partial charge in [0.15, 0.2) is 0 Å². The minimum absolute atomic E-state index is 0.000781. The van der Waals surface area contributed by atoms with E-state index in [2.05, 4.69) is 49.8 Å². The minimum atomic E-state index is -0.0408. The van der Waals surface area contributed by atoms with Gasteiger partial charge in [-0.15, -0.1) is 0 Å². The van der Waals surface area contributed by atoms with E-state index in [9.17, 15) is 9.90 Å². The predicted molar refractivity (Wildman–Crippen MR) is 143 cm³/mol. The quantitative estimate of drug-likeness (QED) is 0.134. The van der Waals surface area contributed by atoms with E-state index < -0.39 is 0 Å². The number of benzene rings is 1. The van der Waals surface area contributed by atoms with Crippen LogP contribution in [0, 0.1) is 11.8 Å². The third kappa shape index (κ3) is 6.07. The molecule has 0 unspecified atom stereocenters. The molecule has 2 aliphatic rings. The van der Waals surface area contributed by atoms with Crippen molar-refractivity contribution in [2.45, 2.75) is 83.9 Å². The molecule has 1 aliphatic heterocycles. The Labute approximate surface area is 209 Å². The van der Waals surface area contributed by atoms with Gasteiger partial charge < -0.3 is 15.2 Å². The summed E-state index contributed by atoms with van der Waals surface area (Å²) in [5.41, 5.74) is 4.31. The number of amides is 1. The molecule has 34 heavy (non-hydrogen) atoms. The SMILES string of the molecule is C=C(C)[C@@H]1CCC(C)=C[C@H]1c1c(O)cc(CCCCC)cc1O/C(=N\C)S[C@H]1NC(=O)[C@@H]1CC. The summed E-state index contributed by atoms with van der Waals surface area (Å²) >= 11 is 1.44. The topological polar surface area (TPSA) is 70.9 Å². The van der Waals surface area contributed by atoms with Crippen molar-refractivity contribution in [3.8, 4) is 11.5 Å². The lowest BCUT2D eigenvalue weighted by atomic mass is 9.73. The van der Waals surface area contributed by atoms with Crippen molar-refractivity contribution >= 4 is 22.9 Å². The maximum atomic E-state index is 11.9. The highest BCUT2D eigenvalue weighted by molar-refractivity contribution is 8.14. The maximum absolute atomic E-state index is 11.9. The highest BCUT2D eigenvalue weighted by Gasteiger charge is 2.40. The Morgan fingerprint density at radius 3 is 2.71 bits per heavy atom. The lowest BCUT2D eigenvalue weighted by molar-refractivity contribution is -0.132. The Balaban J connectivity index is 1.97. The maximum Gasteiger partial charge on any atom is 0.253 e. The van der Waals surface area contributed by atoms with Crippen LogP contribution in [0.5, 0.6) is 11.5 Å². The Morgan fingerprint density at radius 1 is 1.32 bits per heavy atom. The Hall–Kier alpha value is -2.21. The van der Waals surface area contributed by atoms with Crippen LogP contribution in [0.15, 0.2) is 40.9 Å². The largest absolute Gasteiger partial charge is 0.507 e. The van der Waals surface area contributed by atoms with Crippen LogP contribution in [0.2, 0.25) is 0 Å². The van der Waals surface area contributed by atoms with Crippen LogP contribution >= 0.6 is 11.8 Å². The molecule has 0 radical (unpaired) electrons.